The number of aryl methyl sites for hydroxylation is 4. The first-order valence-electron chi connectivity index (χ1n) is 9.53. The zero-order chi connectivity index (χ0) is 22.6. The summed E-state index contributed by atoms with van der Waals surface area (Å²) in [5.74, 6) is -0.622. The number of pyridine rings is 1. The van der Waals surface area contributed by atoms with Gasteiger partial charge in [-0.15, -0.1) is 0 Å². The lowest BCUT2D eigenvalue weighted by Crippen LogP contribution is -2.30. The molecule has 0 radical (unpaired) electrons. The predicted octanol–water partition coefficient (Wildman–Crippen LogP) is 3.61. The van der Waals surface area contributed by atoms with Crippen molar-refractivity contribution < 1.29 is 27.2 Å². The Morgan fingerprint density at radius 1 is 1.13 bits per heavy atom. The molecule has 1 N–H and O–H groups in total. The van der Waals surface area contributed by atoms with Crippen molar-refractivity contribution in [2.45, 2.75) is 34.6 Å². The zero-order valence-corrected chi connectivity index (χ0v) is 19.0. The molecule has 0 bridgehead atoms. The minimum atomic E-state index is -3.59. The summed E-state index contributed by atoms with van der Waals surface area (Å²) in [6.07, 6.45) is 0.973. The molecule has 0 fully saturated rings. The number of nitrogens with zero attached hydrogens (tertiary/aromatic N) is 2. The summed E-state index contributed by atoms with van der Waals surface area (Å²) in [5.41, 5.74) is 3.73. The Balaban J connectivity index is 2.50. The number of likely N-dealkylation sites (N-methyl/N-ethyl adjacent to an activating group) is 1. The minimum Gasteiger partial charge on any atom is -0.477 e. The van der Waals surface area contributed by atoms with E-state index in [1.54, 1.807) is 17.9 Å². The Bertz CT molecular complexity index is 1030. The van der Waals surface area contributed by atoms with E-state index in [4.69, 9.17) is 8.92 Å². The Morgan fingerprint density at radius 3 is 2.23 bits per heavy atom. The molecule has 0 amide bonds. The summed E-state index contributed by atoms with van der Waals surface area (Å²) < 4.78 is 33.3. The van der Waals surface area contributed by atoms with E-state index in [1.165, 1.54) is 0 Å². The van der Waals surface area contributed by atoms with E-state index in [9.17, 15) is 18.3 Å². The van der Waals surface area contributed by atoms with Crippen LogP contribution in [0.2, 0.25) is 0 Å². The standard InChI is InChI=1S/C21H28N2O6S/c1-7-23(8-9-28-30(6,26)27)17-12-16(5)22-20(18(17)21(24)25)29-19-14(3)10-13(2)11-15(19)4/h10-12H,7-9H2,1-6H3,(H,24,25). The van der Waals surface area contributed by atoms with Gasteiger partial charge in [-0.05, 0) is 51.8 Å². The van der Waals surface area contributed by atoms with Crippen LogP contribution in [-0.4, -0.2) is 50.4 Å². The number of benzene rings is 1. The number of carboxylic acid groups (broad SMARTS) is 1. The van der Waals surface area contributed by atoms with Gasteiger partial charge in [-0.3, -0.25) is 4.18 Å². The molecule has 1 heterocycles. The molecule has 30 heavy (non-hydrogen) atoms. The minimum absolute atomic E-state index is 0.00460. The van der Waals surface area contributed by atoms with E-state index in [0.29, 0.717) is 23.7 Å². The van der Waals surface area contributed by atoms with Crippen molar-refractivity contribution in [2.75, 3.05) is 30.9 Å². The van der Waals surface area contributed by atoms with Crippen LogP contribution in [0.5, 0.6) is 11.6 Å². The highest BCUT2D eigenvalue weighted by atomic mass is 32.2. The maximum Gasteiger partial charge on any atom is 0.343 e. The van der Waals surface area contributed by atoms with Crippen molar-refractivity contribution in [3.63, 3.8) is 0 Å². The molecule has 0 saturated heterocycles. The van der Waals surface area contributed by atoms with E-state index in [-0.39, 0.29) is 24.6 Å². The normalized spacial score (nSPS) is 11.4. The average Bonchev–Trinajstić information content (AvgIpc) is 2.60. The summed E-state index contributed by atoms with van der Waals surface area (Å²) in [6, 6.07) is 5.57. The second-order valence-electron chi connectivity index (χ2n) is 7.20. The van der Waals surface area contributed by atoms with Crippen LogP contribution in [0.3, 0.4) is 0 Å². The lowest BCUT2D eigenvalue weighted by atomic mass is 10.1. The Kier molecular flexibility index (Phi) is 7.44. The quantitative estimate of drug-likeness (QED) is 0.594. The first-order valence-corrected chi connectivity index (χ1v) is 11.3. The van der Waals surface area contributed by atoms with Gasteiger partial charge >= 0.3 is 5.97 Å². The molecule has 1 aromatic carbocycles. The molecule has 9 heteroatoms. The van der Waals surface area contributed by atoms with Gasteiger partial charge < -0.3 is 14.7 Å². The second-order valence-corrected chi connectivity index (χ2v) is 8.85. The summed E-state index contributed by atoms with van der Waals surface area (Å²) >= 11 is 0. The third-order valence-electron chi connectivity index (χ3n) is 4.49. The van der Waals surface area contributed by atoms with Crippen molar-refractivity contribution in [1.29, 1.82) is 0 Å². The number of rotatable bonds is 9. The topological polar surface area (TPSA) is 106 Å². The molecule has 0 unspecified atom stereocenters. The fourth-order valence-corrected chi connectivity index (χ4v) is 3.70. The fraction of sp³-hybridized carbons (Fsp3) is 0.429. The molecule has 0 aliphatic heterocycles. The molecule has 0 aliphatic rings. The van der Waals surface area contributed by atoms with Crippen LogP contribution < -0.4 is 9.64 Å². The first kappa shape index (κ1) is 23.6. The third-order valence-corrected chi connectivity index (χ3v) is 5.09. The molecule has 0 saturated carbocycles. The number of anilines is 1. The van der Waals surface area contributed by atoms with E-state index >= 15 is 0 Å². The number of ether oxygens (including phenoxy) is 1. The Morgan fingerprint density at radius 2 is 1.73 bits per heavy atom. The third kappa shape index (κ3) is 5.93. The number of carboxylic acids is 1. The van der Waals surface area contributed by atoms with Gasteiger partial charge in [0.25, 0.3) is 10.1 Å². The van der Waals surface area contributed by atoms with Crippen molar-refractivity contribution in [1.82, 2.24) is 4.98 Å². The lowest BCUT2D eigenvalue weighted by Gasteiger charge is -2.26. The number of hydrogen-bond donors (Lipinski definition) is 1. The van der Waals surface area contributed by atoms with Crippen LogP contribution in [-0.2, 0) is 14.3 Å². The molecule has 8 nitrogen and oxygen atoms in total. The Labute approximate surface area is 177 Å². The molecular weight excluding hydrogens is 408 g/mol. The SMILES string of the molecule is CCN(CCOS(C)(=O)=O)c1cc(C)nc(Oc2c(C)cc(C)cc2C)c1C(=O)O. The maximum atomic E-state index is 12.1. The number of aromatic nitrogens is 1. The van der Waals surface area contributed by atoms with Crippen molar-refractivity contribution in [3.05, 3.63) is 46.1 Å². The van der Waals surface area contributed by atoms with Gasteiger partial charge in [0.05, 0.1) is 18.6 Å². The Hall–Kier alpha value is -2.65. The van der Waals surface area contributed by atoms with Gasteiger partial charge in [-0.1, -0.05) is 17.7 Å². The molecule has 2 aromatic rings. The highest BCUT2D eigenvalue weighted by Gasteiger charge is 2.24. The maximum absolute atomic E-state index is 12.1. The zero-order valence-electron chi connectivity index (χ0n) is 18.1. The van der Waals surface area contributed by atoms with Crippen LogP contribution in [0.4, 0.5) is 5.69 Å². The monoisotopic (exact) mass is 436 g/mol. The van der Waals surface area contributed by atoms with Crippen molar-refractivity contribution >= 4 is 21.8 Å². The first-order chi connectivity index (χ1) is 13.9. The summed E-state index contributed by atoms with van der Waals surface area (Å²) in [5, 5.41) is 9.92. The summed E-state index contributed by atoms with van der Waals surface area (Å²) in [7, 11) is -3.59. The predicted molar refractivity (Wildman–Crippen MR) is 115 cm³/mol. The molecule has 0 aliphatic carbocycles. The lowest BCUT2D eigenvalue weighted by molar-refractivity contribution is 0.0694. The molecule has 2 rings (SSSR count). The number of aromatic carboxylic acids is 1. The second kappa shape index (κ2) is 9.44. The van der Waals surface area contributed by atoms with Crippen LogP contribution in [0.15, 0.2) is 18.2 Å². The molecule has 0 spiro atoms. The van der Waals surface area contributed by atoms with E-state index in [2.05, 4.69) is 4.98 Å². The van der Waals surface area contributed by atoms with E-state index in [0.717, 1.165) is 22.9 Å². The number of carbonyl (C=O) groups is 1. The smallest absolute Gasteiger partial charge is 0.343 e. The molecule has 1 aromatic heterocycles. The molecule has 164 valence electrons. The van der Waals surface area contributed by atoms with Gasteiger partial charge in [0, 0.05) is 18.8 Å². The van der Waals surface area contributed by atoms with Crippen LogP contribution in [0, 0.1) is 27.7 Å². The highest BCUT2D eigenvalue weighted by Crippen LogP contribution is 2.35. The average molecular weight is 437 g/mol. The van der Waals surface area contributed by atoms with Gasteiger partial charge in [0.15, 0.2) is 0 Å². The van der Waals surface area contributed by atoms with Gasteiger partial charge in [0.2, 0.25) is 5.88 Å². The van der Waals surface area contributed by atoms with Crippen molar-refractivity contribution in [3.8, 4) is 11.6 Å². The number of hydrogen-bond acceptors (Lipinski definition) is 7. The van der Waals surface area contributed by atoms with E-state index in [1.807, 2.05) is 39.8 Å². The molecular formula is C21H28N2O6S. The molecule has 0 atom stereocenters. The summed E-state index contributed by atoms with van der Waals surface area (Å²) in [4.78, 5) is 18.2. The van der Waals surface area contributed by atoms with Gasteiger partial charge in [0.1, 0.15) is 11.3 Å². The van der Waals surface area contributed by atoms with Gasteiger partial charge in [-0.2, -0.15) is 8.42 Å². The summed E-state index contributed by atoms with van der Waals surface area (Å²) in [6.45, 7) is 9.90. The fourth-order valence-electron chi connectivity index (χ4n) is 3.32. The van der Waals surface area contributed by atoms with Gasteiger partial charge in [-0.25, -0.2) is 9.78 Å². The van der Waals surface area contributed by atoms with E-state index < -0.39 is 16.1 Å². The van der Waals surface area contributed by atoms with Crippen LogP contribution in [0.25, 0.3) is 0 Å². The largest absolute Gasteiger partial charge is 0.477 e. The van der Waals surface area contributed by atoms with Crippen LogP contribution in [0.1, 0.15) is 39.7 Å². The highest BCUT2D eigenvalue weighted by molar-refractivity contribution is 7.85. The van der Waals surface area contributed by atoms with Crippen LogP contribution >= 0.6 is 0 Å². The van der Waals surface area contributed by atoms with Crippen molar-refractivity contribution in [2.24, 2.45) is 0 Å².